The molecule has 0 atom stereocenters. The van der Waals surface area contributed by atoms with Gasteiger partial charge in [-0.2, -0.15) is 20.4 Å². The Hall–Kier alpha value is -7.61. The summed E-state index contributed by atoms with van der Waals surface area (Å²) in [5.74, 6) is -2.76. The molecule has 6 aromatic heterocycles. The number of aryl methyl sites for hydroxylation is 2. The topological polar surface area (TPSA) is 165 Å². The van der Waals surface area contributed by atoms with Crippen LogP contribution in [0.1, 0.15) is 31.2 Å². The fraction of sp³-hybridized carbons (Fsp3) is 0.170. The zero-order valence-corrected chi connectivity index (χ0v) is 41.4. The summed E-state index contributed by atoms with van der Waals surface area (Å²) in [7, 11) is 2.17. The van der Waals surface area contributed by atoms with Gasteiger partial charge in [0.25, 0.3) is 0 Å². The van der Waals surface area contributed by atoms with Crippen LogP contribution in [-0.2, 0) is 38.7 Å². The smallest absolute Gasteiger partial charge is 0.235 e. The molecule has 0 aliphatic heterocycles. The molecule has 2 N–H and O–H groups in total. The number of hydrogen-bond acceptors (Lipinski definition) is 9. The van der Waals surface area contributed by atoms with Crippen LogP contribution in [0.2, 0.25) is 0 Å². The van der Waals surface area contributed by atoms with E-state index >= 15 is 0 Å². The Labute approximate surface area is 421 Å². The number of hydrogen-bond donors (Lipinski definition) is 1. The summed E-state index contributed by atoms with van der Waals surface area (Å²) >= 11 is 0. The lowest BCUT2D eigenvalue weighted by Gasteiger charge is -2.11. The predicted octanol–water partition coefficient (Wildman–Crippen LogP) is 11.1. The normalized spacial score (nSPS) is 13.7. The quantitative estimate of drug-likeness (QED) is 0.0797. The fourth-order valence-electron chi connectivity index (χ4n) is 8.52. The standard InChI is InChI=1S/C27H22F2N4O2S.C23H17F2N5.C3H5ClO2S/c1-32-14-21(12-30-32)18-2-7-27-25(13-31-33(27)15-18)20-9-17(16-36(34,35)23-4-5-23)8-19(10-20)24-6-3-22(28)11-26(24)29;1-29-12-17(10-27-29)14-2-5-23-21(11-28-30(23)13-14)16-6-15(7-19(26)8-16)20-4-3-18(24)9-22(20)25;4-7(5,6)3-1-2-3/h2-3,6-15,23H,4-5,16H2,1H3;2-13H,26H2,1H3;3H,1-2H2. The highest BCUT2D eigenvalue weighted by atomic mass is 35.7. The minimum absolute atomic E-state index is 0.133. The van der Waals surface area contributed by atoms with E-state index in [1.165, 1.54) is 24.3 Å². The Morgan fingerprint density at radius 3 is 1.34 bits per heavy atom. The number of fused-ring (bicyclic) bond motifs is 2. The molecule has 0 spiro atoms. The molecule has 10 aromatic rings. The van der Waals surface area contributed by atoms with E-state index in [-0.39, 0.29) is 21.8 Å². The third-order valence-electron chi connectivity index (χ3n) is 12.5. The average Bonchev–Trinajstić information content (AvgIpc) is 4.22. The summed E-state index contributed by atoms with van der Waals surface area (Å²) in [6.45, 7) is 0. The second-order valence-corrected chi connectivity index (χ2v) is 23.3. The number of benzene rings is 4. The van der Waals surface area contributed by atoms with Gasteiger partial charge < -0.3 is 5.73 Å². The lowest BCUT2D eigenvalue weighted by molar-refractivity contribution is 0.585. The molecular formula is C53H44ClF4N9O4S2. The molecule has 0 unspecified atom stereocenters. The highest BCUT2D eigenvalue weighted by Crippen LogP contribution is 2.37. The Morgan fingerprint density at radius 2 is 0.945 bits per heavy atom. The van der Waals surface area contributed by atoms with Crippen LogP contribution in [0.15, 0.2) is 147 Å². The SMILES string of the molecule is Cn1cc(-c2ccc3c(-c4cc(CS(=O)(=O)C5CC5)cc(-c5ccc(F)cc5F)c4)cnn3c2)cn1.Cn1cc(-c2ccc3c(-c4cc(N)cc(-c5ccc(F)cc5F)c4)cnn3c2)cn1.O=S(=O)(Cl)C1CC1. The van der Waals surface area contributed by atoms with Crippen molar-refractivity contribution in [2.75, 3.05) is 5.73 Å². The Morgan fingerprint density at radius 1 is 0.507 bits per heavy atom. The predicted molar refractivity (Wildman–Crippen MR) is 274 cm³/mol. The number of pyridine rings is 2. The van der Waals surface area contributed by atoms with Crippen molar-refractivity contribution in [1.82, 2.24) is 38.8 Å². The van der Waals surface area contributed by atoms with Crippen molar-refractivity contribution < 1.29 is 34.4 Å². The monoisotopic (exact) mass is 1050 g/mol. The lowest BCUT2D eigenvalue weighted by Crippen LogP contribution is -2.10. The van der Waals surface area contributed by atoms with Crippen LogP contribution in [0.3, 0.4) is 0 Å². The molecule has 4 aromatic carbocycles. The Kier molecular flexibility index (Phi) is 13.0. The molecule has 20 heteroatoms. The first-order valence-electron chi connectivity index (χ1n) is 22.9. The second-order valence-electron chi connectivity index (χ2n) is 18.1. The molecule has 0 amide bonds. The minimum Gasteiger partial charge on any atom is -0.399 e. The molecule has 13 nitrogen and oxygen atoms in total. The summed E-state index contributed by atoms with van der Waals surface area (Å²) in [6.07, 6.45) is 17.6. The lowest BCUT2D eigenvalue weighted by atomic mass is 9.96. The first kappa shape index (κ1) is 49.0. The van der Waals surface area contributed by atoms with Gasteiger partial charge in [0.05, 0.1) is 52.1 Å². The third kappa shape index (κ3) is 10.9. The van der Waals surface area contributed by atoms with E-state index < -0.39 is 42.2 Å². The van der Waals surface area contributed by atoms with Gasteiger partial charge in [-0.1, -0.05) is 12.1 Å². The summed E-state index contributed by atoms with van der Waals surface area (Å²) in [5, 5.41) is 16.9. The van der Waals surface area contributed by atoms with Crippen molar-refractivity contribution in [2.45, 2.75) is 41.9 Å². The van der Waals surface area contributed by atoms with Crippen molar-refractivity contribution in [2.24, 2.45) is 14.1 Å². The maximum absolute atomic E-state index is 14.7. The van der Waals surface area contributed by atoms with Crippen LogP contribution in [0.4, 0.5) is 23.2 Å². The molecule has 0 saturated heterocycles. The van der Waals surface area contributed by atoms with E-state index in [0.29, 0.717) is 46.3 Å². The molecule has 2 fully saturated rings. The Balaban J connectivity index is 0.000000149. The van der Waals surface area contributed by atoms with Crippen molar-refractivity contribution in [3.63, 3.8) is 0 Å². The van der Waals surface area contributed by atoms with Crippen LogP contribution >= 0.6 is 10.7 Å². The molecule has 2 saturated carbocycles. The van der Waals surface area contributed by atoms with Crippen molar-refractivity contribution in [1.29, 1.82) is 0 Å². The van der Waals surface area contributed by atoms with Gasteiger partial charge in [0.15, 0.2) is 9.84 Å². The van der Waals surface area contributed by atoms with Crippen molar-refractivity contribution in [3.05, 3.63) is 175 Å². The number of halogens is 5. The molecule has 0 radical (unpaired) electrons. The van der Waals surface area contributed by atoms with Gasteiger partial charge in [-0.3, -0.25) is 9.36 Å². The van der Waals surface area contributed by atoms with Gasteiger partial charge in [0, 0.05) is 112 Å². The number of nitrogens with two attached hydrogens (primary N) is 1. The van der Waals surface area contributed by atoms with E-state index in [0.717, 1.165) is 75.0 Å². The minimum atomic E-state index is -3.30. The van der Waals surface area contributed by atoms with E-state index in [9.17, 15) is 34.4 Å². The zero-order chi connectivity index (χ0) is 51.3. The molecule has 12 rings (SSSR count). The molecule has 2 aliphatic carbocycles. The van der Waals surface area contributed by atoms with Gasteiger partial charge in [-0.25, -0.2) is 43.4 Å². The number of aromatic nitrogens is 8. The van der Waals surface area contributed by atoms with E-state index in [4.69, 9.17) is 16.4 Å². The Bertz CT molecular complexity index is 3980. The summed E-state index contributed by atoms with van der Waals surface area (Å²) in [6, 6.07) is 25.4. The highest BCUT2D eigenvalue weighted by Gasteiger charge is 2.36. The van der Waals surface area contributed by atoms with Crippen molar-refractivity contribution in [3.8, 4) is 66.8 Å². The first-order valence-corrected chi connectivity index (χ1v) is 27.0. The van der Waals surface area contributed by atoms with Crippen LogP contribution < -0.4 is 5.73 Å². The summed E-state index contributed by atoms with van der Waals surface area (Å²) in [4.78, 5) is 0. The maximum atomic E-state index is 14.7. The number of sulfone groups is 1. The largest absolute Gasteiger partial charge is 0.399 e. The van der Waals surface area contributed by atoms with E-state index in [1.54, 1.807) is 61.4 Å². The zero-order valence-electron chi connectivity index (χ0n) is 39.0. The van der Waals surface area contributed by atoms with Gasteiger partial charge in [-0.15, -0.1) is 0 Å². The van der Waals surface area contributed by atoms with Crippen LogP contribution in [0.5, 0.6) is 0 Å². The van der Waals surface area contributed by atoms with Crippen LogP contribution in [0.25, 0.3) is 77.8 Å². The second kappa shape index (κ2) is 19.4. The van der Waals surface area contributed by atoms with E-state index in [1.807, 2.05) is 81.3 Å². The highest BCUT2D eigenvalue weighted by molar-refractivity contribution is 8.14. The molecule has 6 heterocycles. The maximum Gasteiger partial charge on any atom is 0.235 e. The molecule has 0 bridgehead atoms. The van der Waals surface area contributed by atoms with Crippen LogP contribution in [-0.4, -0.2) is 66.1 Å². The molecule has 372 valence electrons. The average molecular weight is 1050 g/mol. The molecular weight excluding hydrogens is 1000 g/mol. The van der Waals surface area contributed by atoms with Gasteiger partial charge in [-0.05, 0) is 126 Å². The molecule has 73 heavy (non-hydrogen) atoms. The number of rotatable bonds is 10. The number of anilines is 1. The number of nitrogen functional groups attached to an aromatic ring is 1. The van der Waals surface area contributed by atoms with Crippen molar-refractivity contribution >= 4 is 46.3 Å². The fourth-order valence-corrected chi connectivity index (χ4v) is 11.5. The number of nitrogens with zero attached hydrogens (tertiary/aromatic N) is 8. The third-order valence-corrected chi connectivity index (χ3v) is 16.7. The van der Waals surface area contributed by atoms with Gasteiger partial charge >= 0.3 is 0 Å². The summed E-state index contributed by atoms with van der Waals surface area (Å²) < 4.78 is 109. The first-order chi connectivity index (χ1) is 34.8. The summed E-state index contributed by atoms with van der Waals surface area (Å²) in [5.41, 5.74) is 17.5. The van der Waals surface area contributed by atoms with E-state index in [2.05, 4.69) is 20.4 Å². The van der Waals surface area contributed by atoms with Gasteiger partial charge in [0.1, 0.15) is 23.3 Å². The molecule has 2 aliphatic rings. The van der Waals surface area contributed by atoms with Gasteiger partial charge in [0.2, 0.25) is 9.05 Å². The van der Waals surface area contributed by atoms with Crippen LogP contribution in [0, 0.1) is 23.3 Å².